The van der Waals surface area contributed by atoms with Gasteiger partial charge in [-0.15, -0.1) is 0 Å². The van der Waals surface area contributed by atoms with Crippen LogP contribution in [0.4, 0.5) is 0 Å². The SMILES string of the molecule is Cc1cc2c(c3c1C(=O)/C(=C/c1ccc(Cl)cc1Cl)O3)CN(Cc1ccncc1)CO2. The smallest absolute Gasteiger partial charge is 0.232 e. The Morgan fingerprint density at radius 2 is 1.97 bits per heavy atom. The maximum Gasteiger partial charge on any atom is 0.232 e. The largest absolute Gasteiger partial charge is 0.478 e. The van der Waals surface area contributed by atoms with Crippen molar-refractivity contribution in [2.75, 3.05) is 6.73 Å². The molecule has 0 N–H and O–H groups in total. The number of ether oxygens (including phenoxy) is 2. The predicted molar refractivity (Wildman–Crippen MR) is 120 cm³/mol. The zero-order chi connectivity index (χ0) is 21.5. The first-order chi connectivity index (χ1) is 15.0. The summed E-state index contributed by atoms with van der Waals surface area (Å²) in [7, 11) is 0. The summed E-state index contributed by atoms with van der Waals surface area (Å²) in [5.74, 6) is 1.39. The molecule has 3 aromatic rings. The highest BCUT2D eigenvalue weighted by molar-refractivity contribution is 6.35. The monoisotopic (exact) mass is 452 g/mol. The normalized spacial score (nSPS) is 16.6. The van der Waals surface area contributed by atoms with Gasteiger partial charge in [-0.2, -0.15) is 0 Å². The summed E-state index contributed by atoms with van der Waals surface area (Å²) in [6.07, 6.45) is 5.21. The number of allylic oxidation sites excluding steroid dienone is 1. The average Bonchev–Trinajstić information content (AvgIpc) is 3.08. The van der Waals surface area contributed by atoms with Crippen LogP contribution in [0.3, 0.4) is 0 Å². The highest BCUT2D eigenvalue weighted by Gasteiger charge is 2.35. The highest BCUT2D eigenvalue weighted by Crippen LogP contribution is 2.44. The molecule has 0 amide bonds. The van der Waals surface area contributed by atoms with Crippen molar-refractivity contribution >= 4 is 35.1 Å². The van der Waals surface area contributed by atoms with Gasteiger partial charge in [0.05, 0.1) is 11.1 Å². The van der Waals surface area contributed by atoms with Crippen molar-refractivity contribution in [3.05, 3.63) is 92.4 Å². The van der Waals surface area contributed by atoms with E-state index in [0.717, 1.165) is 22.4 Å². The Kier molecular flexibility index (Phi) is 5.18. The number of ketones is 1. The lowest BCUT2D eigenvalue weighted by Gasteiger charge is -2.30. The Balaban J connectivity index is 1.48. The summed E-state index contributed by atoms with van der Waals surface area (Å²) in [5, 5.41) is 0.989. The van der Waals surface area contributed by atoms with Crippen molar-refractivity contribution in [3.63, 3.8) is 0 Å². The van der Waals surface area contributed by atoms with E-state index in [2.05, 4.69) is 9.88 Å². The Hall–Kier alpha value is -2.86. The lowest BCUT2D eigenvalue weighted by molar-refractivity contribution is 0.0872. The molecule has 156 valence electrons. The Bertz CT molecular complexity index is 1230. The minimum Gasteiger partial charge on any atom is -0.478 e. The molecule has 0 fully saturated rings. The van der Waals surface area contributed by atoms with Crippen LogP contribution >= 0.6 is 23.2 Å². The van der Waals surface area contributed by atoms with E-state index < -0.39 is 0 Å². The van der Waals surface area contributed by atoms with Crippen LogP contribution in [0.1, 0.15) is 32.6 Å². The van der Waals surface area contributed by atoms with Gasteiger partial charge < -0.3 is 9.47 Å². The molecule has 0 unspecified atom stereocenters. The second-order valence-electron chi connectivity index (χ2n) is 7.60. The van der Waals surface area contributed by atoms with Gasteiger partial charge >= 0.3 is 0 Å². The lowest BCUT2D eigenvalue weighted by Crippen LogP contribution is -2.31. The first-order valence-electron chi connectivity index (χ1n) is 9.79. The number of fused-ring (bicyclic) bond motifs is 3. The van der Waals surface area contributed by atoms with Crippen molar-refractivity contribution in [1.29, 1.82) is 0 Å². The zero-order valence-electron chi connectivity index (χ0n) is 16.7. The highest BCUT2D eigenvalue weighted by atomic mass is 35.5. The molecule has 0 radical (unpaired) electrons. The van der Waals surface area contributed by atoms with Crippen molar-refractivity contribution in [2.45, 2.75) is 20.0 Å². The van der Waals surface area contributed by atoms with Gasteiger partial charge in [0.2, 0.25) is 5.78 Å². The first kappa shape index (κ1) is 20.1. The second-order valence-corrected chi connectivity index (χ2v) is 8.44. The van der Waals surface area contributed by atoms with Crippen LogP contribution in [-0.2, 0) is 13.1 Å². The number of nitrogens with zero attached hydrogens (tertiary/aromatic N) is 2. The molecule has 0 saturated heterocycles. The average molecular weight is 453 g/mol. The molecular weight excluding hydrogens is 435 g/mol. The standard InChI is InChI=1S/C24H18Cl2N2O3/c1-14-8-20-18(12-28(13-30-20)11-15-4-6-27-7-5-15)24-22(14)23(29)21(31-24)9-16-2-3-17(25)10-19(16)26/h2-10H,11-13H2,1H3/b21-9-. The van der Waals surface area contributed by atoms with Crippen molar-refractivity contribution in [1.82, 2.24) is 9.88 Å². The topological polar surface area (TPSA) is 51.7 Å². The molecular formula is C24H18Cl2N2O3. The van der Waals surface area contributed by atoms with Crippen LogP contribution in [0.2, 0.25) is 10.0 Å². The third-order valence-electron chi connectivity index (χ3n) is 5.39. The van der Waals surface area contributed by atoms with Gasteiger partial charge in [0.1, 0.15) is 18.2 Å². The number of pyridine rings is 1. The van der Waals surface area contributed by atoms with E-state index in [1.54, 1.807) is 36.7 Å². The fourth-order valence-corrected chi connectivity index (χ4v) is 4.35. The van der Waals surface area contributed by atoms with Crippen LogP contribution in [-0.4, -0.2) is 22.4 Å². The minimum absolute atomic E-state index is 0.160. The summed E-state index contributed by atoms with van der Waals surface area (Å²) >= 11 is 12.3. The fourth-order valence-electron chi connectivity index (χ4n) is 3.88. The second kappa shape index (κ2) is 8.00. The zero-order valence-corrected chi connectivity index (χ0v) is 18.2. The van der Waals surface area contributed by atoms with Gasteiger partial charge in [-0.1, -0.05) is 29.3 Å². The first-order valence-corrected chi connectivity index (χ1v) is 10.5. The van der Waals surface area contributed by atoms with Gasteiger partial charge in [-0.05, 0) is 60.0 Å². The van der Waals surface area contributed by atoms with Gasteiger partial charge in [0.25, 0.3) is 0 Å². The number of benzene rings is 2. The third-order valence-corrected chi connectivity index (χ3v) is 5.95. The van der Waals surface area contributed by atoms with E-state index in [9.17, 15) is 4.79 Å². The maximum absolute atomic E-state index is 13.1. The molecule has 7 heteroatoms. The molecule has 5 nitrogen and oxygen atoms in total. The third kappa shape index (κ3) is 3.81. The summed E-state index contributed by atoms with van der Waals surface area (Å²) in [6.45, 7) is 3.68. The van der Waals surface area contributed by atoms with E-state index in [1.807, 2.05) is 25.1 Å². The number of aromatic nitrogens is 1. The van der Waals surface area contributed by atoms with E-state index >= 15 is 0 Å². The van der Waals surface area contributed by atoms with E-state index in [4.69, 9.17) is 32.7 Å². The van der Waals surface area contributed by atoms with Crippen molar-refractivity contribution < 1.29 is 14.3 Å². The molecule has 0 saturated carbocycles. The number of halogens is 2. The van der Waals surface area contributed by atoms with Crippen LogP contribution in [0.5, 0.6) is 11.5 Å². The molecule has 3 heterocycles. The molecule has 2 aliphatic heterocycles. The van der Waals surface area contributed by atoms with Gasteiger partial charge in [0, 0.05) is 35.5 Å². The summed E-state index contributed by atoms with van der Waals surface area (Å²) in [4.78, 5) is 19.3. The van der Waals surface area contributed by atoms with Crippen LogP contribution < -0.4 is 9.47 Å². The Morgan fingerprint density at radius 3 is 2.74 bits per heavy atom. The molecule has 2 aromatic carbocycles. The van der Waals surface area contributed by atoms with Crippen LogP contribution in [0, 0.1) is 6.92 Å². The Morgan fingerprint density at radius 1 is 1.16 bits per heavy atom. The lowest BCUT2D eigenvalue weighted by atomic mass is 9.98. The van der Waals surface area contributed by atoms with Gasteiger partial charge in [0.15, 0.2) is 5.76 Å². The fraction of sp³-hybridized carbons (Fsp3) is 0.167. The molecule has 0 spiro atoms. The van der Waals surface area contributed by atoms with Gasteiger partial charge in [-0.3, -0.25) is 14.7 Å². The summed E-state index contributed by atoms with van der Waals surface area (Å²) in [6, 6.07) is 11.0. The molecule has 0 bridgehead atoms. The number of hydrogen-bond donors (Lipinski definition) is 0. The molecule has 1 aromatic heterocycles. The number of hydrogen-bond acceptors (Lipinski definition) is 5. The molecule has 0 atom stereocenters. The van der Waals surface area contributed by atoms with Gasteiger partial charge in [-0.25, -0.2) is 0 Å². The van der Waals surface area contributed by atoms with E-state index in [1.165, 1.54) is 0 Å². The summed E-state index contributed by atoms with van der Waals surface area (Å²) < 4.78 is 12.1. The number of Topliss-reactive ketones (excluding diaryl/α,β-unsaturated/α-hetero) is 1. The molecule has 31 heavy (non-hydrogen) atoms. The van der Waals surface area contributed by atoms with Crippen molar-refractivity contribution in [3.8, 4) is 11.5 Å². The van der Waals surface area contributed by atoms with E-state index in [-0.39, 0.29) is 11.5 Å². The number of carbonyl (C=O) groups is 1. The van der Waals surface area contributed by atoms with Crippen LogP contribution in [0.25, 0.3) is 6.08 Å². The number of aryl methyl sites for hydroxylation is 1. The summed E-state index contributed by atoms with van der Waals surface area (Å²) in [5.41, 5.74) is 4.08. The quantitative estimate of drug-likeness (QED) is 0.479. The minimum atomic E-state index is -0.160. The predicted octanol–water partition coefficient (Wildman–Crippen LogP) is 5.67. The Labute approximate surface area is 189 Å². The molecule has 2 aliphatic rings. The number of rotatable bonds is 3. The molecule has 0 aliphatic carbocycles. The van der Waals surface area contributed by atoms with Crippen LogP contribution in [0.15, 0.2) is 54.6 Å². The van der Waals surface area contributed by atoms with E-state index in [0.29, 0.717) is 46.7 Å². The molecule has 5 rings (SSSR count). The van der Waals surface area contributed by atoms with Crippen molar-refractivity contribution in [2.24, 2.45) is 0 Å². The number of carbonyl (C=O) groups excluding carboxylic acids is 1. The maximum atomic E-state index is 13.1.